The predicted molar refractivity (Wildman–Crippen MR) is 105 cm³/mol. The first-order valence-electron chi connectivity index (χ1n) is 9.79. The summed E-state index contributed by atoms with van der Waals surface area (Å²) in [5.41, 5.74) is 1.78. The zero-order valence-corrected chi connectivity index (χ0v) is 16.7. The van der Waals surface area contributed by atoms with E-state index in [0.29, 0.717) is 45.8 Å². The summed E-state index contributed by atoms with van der Waals surface area (Å²) in [6, 6.07) is 7.68. The molecule has 1 amide bonds. The topological polar surface area (TPSA) is 84.7 Å². The Kier molecular flexibility index (Phi) is 5.65. The maximum atomic E-state index is 12.9. The van der Waals surface area contributed by atoms with Crippen LogP contribution in [0.5, 0.6) is 0 Å². The number of piperidine rings is 1. The van der Waals surface area contributed by atoms with E-state index in [1.165, 1.54) is 4.31 Å². The summed E-state index contributed by atoms with van der Waals surface area (Å²) in [5, 5.41) is 0. The molecular formula is C19H26N4O4S. The van der Waals surface area contributed by atoms with Crippen LogP contribution in [0.15, 0.2) is 30.6 Å². The molecule has 2 aromatic rings. The van der Waals surface area contributed by atoms with Gasteiger partial charge in [0.15, 0.2) is 0 Å². The molecule has 28 heavy (non-hydrogen) atoms. The van der Waals surface area contributed by atoms with Crippen molar-refractivity contribution in [3.8, 4) is 0 Å². The van der Waals surface area contributed by atoms with Crippen molar-refractivity contribution in [2.45, 2.75) is 19.4 Å². The molecule has 0 spiro atoms. The van der Waals surface area contributed by atoms with E-state index in [9.17, 15) is 13.2 Å². The first-order chi connectivity index (χ1) is 13.5. The number of rotatable bonds is 5. The molecule has 0 saturated carbocycles. The Morgan fingerprint density at radius 1 is 1.18 bits per heavy atom. The van der Waals surface area contributed by atoms with E-state index < -0.39 is 10.0 Å². The fourth-order valence-electron chi connectivity index (χ4n) is 3.97. The van der Waals surface area contributed by atoms with Gasteiger partial charge >= 0.3 is 0 Å². The fraction of sp³-hybridized carbons (Fsp3) is 0.579. The summed E-state index contributed by atoms with van der Waals surface area (Å²) in [4.78, 5) is 18.9. The van der Waals surface area contributed by atoms with Crippen molar-refractivity contribution >= 4 is 27.0 Å². The van der Waals surface area contributed by atoms with Crippen LogP contribution in [-0.4, -0.2) is 78.2 Å². The predicted octanol–water partition coefficient (Wildman–Crippen LogP) is 0.937. The highest BCUT2D eigenvalue weighted by molar-refractivity contribution is 7.89. The second-order valence-corrected chi connectivity index (χ2v) is 9.47. The normalized spacial score (nSPS) is 21.9. The van der Waals surface area contributed by atoms with Crippen molar-refractivity contribution in [3.05, 3.63) is 30.6 Å². The maximum Gasteiger partial charge on any atom is 0.227 e. The smallest absolute Gasteiger partial charge is 0.227 e. The van der Waals surface area contributed by atoms with E-state index in [1.807, 2.05) is 33.7 Å². The van der Waals surface area contributed by atoms with Crippen LogP contribution in [0.1, 0.15) is 12.8 Å². The van der Waals surface area contributed by atoms with E-state index in [1.54, 1.807) is 6.33 Å². The number of imidazole rings is 1. The number of nitrogens with zero attached hydrogens (tertiary/aromatic N) is 4. The first kappa shape index (κ1) is 19.4. The molecule has 0 bridgehead atoms. The third-order valence-electron chi connectivity index (χ3n) is 5.57. The summed E-state index contributed by atoms with van der Waals surface area (Å²) in [7, 11) is -3.44. The van der Waals surface area contributed by atoms with Gasteiger partial charge in [-0.25, -0.2) is 17.7 Å². The van der Waals surface area contributed by atoms with Crippen molar-refractivity contribution in [3.63, 3.8) is 0 Å². The van der Waals surface area contributed by atoms with Crippen LogP contribution >= 0.6 is 0 Å². The lowest BCUT2D eigenvalue weighted by atomic mass is 9.98. The Balaban J connectivity index is 1.40. The molecule has 2 aliphatic rings. The highest BCUT2D eigenvalue weighted by Crippen LogP contribution is 2.22. The largest absolute Gasteiger partial charge is 0.378 e. The molecule has 0 unspecified atom stereocenters. The average Bonchev–Trinajstić information content (AvgIpc) is 3.16. The van der Waals surface area contributed by atoms with Gasteiger partial charge in [-0.05, 0) is 25.0 Å². The zero-order chi connectivity index (χ0) is 19.6. The summed E-state index contributed by atoms with van der Waals surface area (Å²) in [5.74, 6) is -0.189. The second kappa shape index (κ2) is 8.18. The molecule has 9 heteroatoms. The minimum Gasteiger partial charge on any atom is -0.378 e. The van der Waals surface area contributed by atoms with Gasteiger partial charge in [0.2, 0.25) is 15.9 Å². The van der Waals surface area contributed by atoms with Crippen LogP contribution in [0.4, 0.5) is 0 Å². The number of fused-ring (bicyclic) bond motifs is 1. The van der Waals surface area contributed by atoms with Gasteiger partial charge in [0.1, 0.15) is 0 Å². The van der Waals surface area contributed by atoms with Crippen molar-refractivity contribution in [1.82, 2.24) is 18.8 Å². The molecule has 0 aliphatic carbocycles. The monoisotopic (exact) mass is 406 g/mol. The van der Waals surface area contributed by atoms with Gasteiger partial charge in [-0.1, -0.05) is 12.1 Å². The number of benzene rings is 1. The molecule has 2 aliphatic heterocycles. The third kappa shape index (κ3) is 4.06. The SMILES string of the molecule is O=C([C@H]1CCCN(S(=O)(=O)CCn2cnc3ccccc32)C1)N1CCOCC1. The van der Waals surface area contributed by atoms with Gasteiger partial charge in [-0.15, -0.1) is 0 Å². The Morgan fingerprint density at radius 2 is 1.96 bits per heavy atom. The Hall–Kier alpha value is -1.97. The van der Waals surface area contributed by atoms with E-state index >= 15 is 0 Å². The average molecular weight is 407 g/mol. The summed E-state index contributed by atoms with van der Waals surface area (Å²) in [6.07, 6.45) is 3.14. The number of aryl methyl sites for hydroxylation is 1. The summed E-state index contributed by atoms with van der Waals surface area (Å²) < 4.78 is 34.5. The molecule has 2 fully saturated rings. The third-order valence-corrected chi connectivity index (χ3v) is 7.38. The minimum absolute atomic E-state index is 0.00577. The quantitative estimate of drug-likeness (QED) is 0.738. The van der Waals surface area contributed by atoms with Crippen LogP contribution in [0, 0.1) is 5.92 Å². The maximum absolute atomic E-state index is 12.9. The van der Waals surface area contributed by atoms with Crippen LogP contribution in [0.2, 0.25) is 0 Å². The fourth-order valence-corrected chi connectivity index (χ4v) is 5.47. The molecule has 1 aromatic carbocycles. The van der Waals surface area contributed by atoms with Gasteiger partial charge in [-0.3, -0.25) is 4.79 Å². The molecule has 1 atom stereocenters. The molecule has 0 N–H and O–H groups in total. The number of carbonyl (C=O) groups is 1. The van der Waals surface area contributed by atoms with Crippen molar-refractivity contribution < 1.29 is 17.9 Å². The molecule has 0 radical (unpaired) electrons. The number of ether oxygens (including phenoxy) is 1. The molecule has 4 rings (SSSR count). The Morgan fingerprint density at radius 3 is 2.79 bits per heavy atom. The van der Waals surface area contributed by atoms with Gasteiger partial charge in [0.25, 0.3) is 0 Å². The minimum atomic E-state index is -3.44. The molecule has 2 saturated heterocycles. The van der Waals surface area contributed by atoms with Crippen LogP contribution < -0.4 is 0 Å². The summed E-state index contributed by atoms with van der Waals surface area (Å²) in [6.45, 7) is 3.41. The molecule has 152 valence electrons. The van der Waals surface area contributed by atoms with Crippen LogP contribution in [0.25, 0.3) is 11.0 Å². The highest BCUT2D eigenvalue weighted by atomic mass is 32.2. The van der Waals surface area contributed by atoms with Gasteiger partial charge in [0.05, 0.1) is 42.2 Å². The van der Waals surface area contributed by atoms with Crippen LogP contribution in [-0.2, 0) is 26.1 Å². The van der Waals surface area contributed by atoms with Gasteiger partial charge in [-0.2, -0.15) is 0 Å². The van der Waals surface area contributed by atoms with Gasteiger partial charge in [0, 0.05) is 32.7 Å². The van der Waals surface area contributed by atoms with E-state index in [2.05, 4.69) is 4.98 Å². The number of hydrogen-bond acceptors (Lipinski definition) is 5. The van der Waals surface area contributed by atoms with Crippen LogP contribution in [0.3, 0.4) is 0 Å². The Bertz CT molecular complexity index is 936. The van der Waals surface area contributed by atoms with E-state index in [0.717, 1.165) is 17.5 Å². The number of carbonyl (C=O) groups excluding carboxylic acids is 1. The number of amides is 1. The number of hydrogen-bond donors (Lipinski definition) is 0. The van der Waals surface area contributed by atoms with Crippen molar-refractivity contribution in [1.29, 1.82) is 0 Å². The molecule has 8 nitrogen and oxygen atoms in total. The Labute approximate surface area is 165 Å². The van der Waals surface area contributed by atoms with Crippen molar-refractivity contribution in [2.24, 2.45) is 5.92 Å². The highest BCUT2D eigenvalue weighted by Gasteiger charge is 2.34. The number of sulfonamides is 1. The lowest BCUT2D eigenvalue weighted by Gasteiger charge is -2.35. The molecule has 3 heterocycles. The second-order valence-electron chi connectivity index (χ2n) is 7.38. The number of morpholine rings is 1. The number of para-hydroxylation sites is 2. The molecule has 1 aromatic heterocycles. The number of aromatic nitrogens is 2. The summed E-state index contributed by atoms with van der Waals surface area (Å²) >= 11 is 0. The zero-order valence-electron chi connectivity index (χ0n) is 15.9. The van der Waals surface area contributed by atoms with Gasteiger partial charge < -0.3 is 14.2 Å². The van der Waals surface area contributed by atoms with E-state index in [-0.39, 0.29) is 24.1 Å². The van der Waals surface area contributed by atoms with Crippen molar-refractivity contribution in [2.75, 3.05) is 45.1 Å². The van der Waals surface area contributed by atoms with E-state index in [4.69, 9.17) is 4.74 Å². The first-order valence-corrected chi connectivity index (χ1v) is 11.4. The standard InChI is InChI=1S/C19H26N4O4S/c24-19(21-8-11-27-12-9-21)16-4-3-7-23(14-16)28(25,26)13-10-22-15-20-17-5-1-2-6-18(17)22/h1-2,5-6,15-16H,3-4,7-14H2/t16-/m0/s1. The lowest BCUT2D eigenvalue weighted by Crippen LogP contribution is -2.50. The molecular weight excluding hydrogens is 380 g/mol. The lowest BCUT2D eigenvalue weighted by molar-refractivity contribution is -0.140.